The van der Waals surface area contributed by atoms with Crippen LogP contribution in [0.1, 0.15) is 31.2 Å². The Morgan fingerprint density at radius 1 is 1.31 bits per heavy atom. The molecule has 0 amide bonds. The highest BCUT2D eigenvalue weighted by Crippen LogP contribution is 2.36. The number of nitrogens with zero attached hydrogens (tertiary/aromatic N) is 2. The molecular weight excluding hydrogens is 198 g/mol. The van der Waals surface area contributed by atoms with E-state index in [4.69, 9.17) is 5.73 Å². The van der Waals surface area contributed by atoms with Gasteiger partial charge in [-0.25, -0.2) is 4.98 Å². The summed E-state index contributed by atoms with van der Waals surface area (Å²) < 4.78 is 2.04. The molecule has 1 saturated carbocycles. The zero-order valence-corrected chi connectivity index (χ0v) is 9.61. The molecule has 1 aromatic heterocycles. The summed E-state index contributed by atoms with van der Waals surface area (Å²) in [5, 5.41) is 0. The van der Waals surface area contributed by atoms with Crippen LogP contribution in [0.4, 0.5) is 0 Å². The van der Waals surface area contributed by atoms with E-state index in [1.165, 1.54) is 23.9 Å². The van der Waals surface area contributed by atoms with Crippen LogP contribution >= 0.6 is 0 Å². The number of aromatic nitrogens is 2. The molecule has 1 aromatic carbocycles. The predicted octanol–water partition coefficient (Wildman–Crippen LogP) is 2.30. The highest BCUT2D eigenvalue weighted by Gasteiger charge is 2.31. The first-order chi connectivity index (χ1) is 7.69. The van der Waals surface area contributed by atoms with Gasteiger partial charge in [0, 0.05) is 12.6 Å². The van der Waals surface area contributed by atoms with Gasteiger partial charge in [-0.1, -0.05) is 18.9 Å². The molecule has 3 nitrogen and oxygen atoms in total. The van der Waals surface area contributed by atoms with Crippen molar-refractivity contribution < 1.29 is 0 Å². The molecule has 1 heterocycles. The third-order valence-electron chi connectivity index (χ3n) is 3.80. The molecule has 3 rings (SSSR count). The van der Waals surface area contributed by atoms with Crippen molar-refractivity contribution in [3.63, 3.8) is 0 Å². The SMILES string of the molecule is Cn1cnc2cc(C3(N)CCCC3)ccc21. The lowest BCUT2D eigenvalue weighted by Crippen LogP contribution is -2.32. The summed E-state index contributed by atoms with van der Waals surface area (Å²) in [5.41, 5.74) is 9.81. The Bertz CT molecular complexity index is 521. The molecule has 0 spiro atoms. The third kappa shape index (κ3) is 1.35. The first-order valence-corrected chi connectivity index (χ1v) is 5.89. The average molecular weight is 215 g/mol. The van der Waals surface area contributed by atoms with Crippen LogP contribution in [0.3, 0.4) is 0 Å². The lowest BCUT2D eigenvalue weighted by Gasteiger charge is -2.24. The van der Waals surface area contributed by atoms with E-state index in [0.717, 1.165) is 18.4 Å². The van der Waals surface area contributed by atoms with Crippen molar-refractivity contribution in [3.05, 3.63) is 30.1 Å². The lowest BCUT2D eigenvalue weighted by atomic mass is 9.89. The largest absolute Gasteiger partial charge is 0.334 e. The van der Waals surface area contributed by atoms with E-state index in [2.05, 4.69) is 23.2 Å². The quantitative estimate of drug-likeness (QED) is 0.793. The number of aryl methyl sites for hydroxylation is 1. The molecule has 0 atom stereocenters. The Morgan fingerprint density at radius 2 is 2.06 bits per heavy atom. The topological polar surface area (TPSA) is 43.8 Å². The summed E-state index contributed by atoms with van der Waals surface area (Å²) in [6, 6.07) is 6.45. The van der Waals surface area contributed by atoms with Gasteiger partial charge in [0.15, 0.2) is 0 Å². The Balaban J connectivity index is 2.11. The first-order valence-electron chi connectivity index (χ1n) is 5.89. The number of fused-ring (bicyclic) bond motifs is 1. The van der Waals surface area contributed by atoms with Crippen molar-refractivity contribution in [3.8, 4) is 0 Å². The smallest absolute Gasteiger partial charge is 0.0955 e. The molecular formula is C13H17N3. The molecule has 84 valence electrons. The minimum Gasteiger partial charge on any atom is -0.334 e. The monoisotopic (exact) mass is 215 g/mol. The third-order valence-corrected chi connectivity index (χ3v) is 3.80. The maximum absolute atomic E-state index is 6.44. The standard InChI is InChI=1S/C13H17N3/c1-16-9-15-11-8-10(4-5-12(11)16)13(14)6-2-3-7-13/h4-5,8-9H,2-3,6-7,14H2,1H3. The van der Waals surface area contributed by atoms with Crippen molar-refractivity contribution in [2.45, 2.75) is 31.2 Å². The van der Waals surface area contributed by atoms with Crippen molar-refractivity contribution in [2.75, 3.05) is 0 Å². The normalized spacial score (nSPS) is 19.4. The fraction of sp³-hybridized carbons (Fsp3) is 0.462. The summed E-state index contributed by atoms with van der Waals surface area (Å²) >= 11 is 0. The van der Waals surface area contributed by atoms with Gasteiger partial charge in [0.05, 0.1) is 17.4 Å². The number of imidazole rings is 1. The average Bonchev–Trinajstić information content (AvgIpc) is 2.87. The summed E-state index contributed by atoms with van der Waals surface area (Å²) in [6.45, 7) is 0. The molecule has 1 fully saturated rings. The summed E-state index contributed by atoms with van der Waals surface area (Å²) in [4.78, 5) is 4.39. The van der Waals surface area contributed by atoms with E-state index in [0.29, 0.717) is 0 Å². The van der Waals surface area contributed by atoms with Crippen molar-refractivity contribution in [2.24, 2.45) is 12.8 Å². The van der Waals surface area contributed by atoms with Gasteiger partial charge in [0.2, 0.25) is 0 Å². The molecule has 0 unspecified atom stereocenters. The summed E-state index contributed by atoms with van der Waals surface area (Å²) in [7, 11) is 2.02. The van der Waals surface area contributed by atoms with Crippen molar-refractivity contribution in [1.82, 2.24) is 9.55 Å². The fourth-order valence-electron chi connectivity index (χ4n) is 2.74. The number of nitrogens with two attached hydrogens (primary N) is 1. The van der Waals surface area contributed by atoms with E-state index in [1.807, 2.05) is 17.9 Å². The molecule has 0 bridgehead atoms. The van der Waals surface area contributed by atoms with Crippen LogP contribution < -0.4 is 5.73 Å². The van der Waals surface area contributed by atoms with Gasteiger partial charge in [-0.15, -0.1) is 0 Å². The van der Waals surface area contributed by atoms with Gasteiger partial charge in [0.25, 0.3) is 0 Å². The minimum absolute atomic E-state index is 0.105. The van der Waals surface area contributed by atoms with Gasteiger partial charge < -0.3 is 10.3 Å². The second kappa shape index (κ2) is 3.32. The van der Waals surface area contributed by atoms with Gasteiger partial charge in [-0.05, 0) is 30.5 Å². The van der Waals surface area contributed by atoms with E-state index in [9.17, 15) is 0 Å². The Kier molecular flexibility index (Phi) is 2.04. The van der Waals surface area contributed by atoms with Gasteiger partial charge in [0.1, 0.15) is 0 Å². The highest BCUT2D eigenvalue weighted by atomic mass is 15.0. The molecule has 0 aliphatic heterocycles. The lowest BCUT2D eigenvalue weighted by molar-refractivity contribution is 0.462. The van der Waals surface area contributed by atoms with Crippen molar-refractivity contribution in [1.29, 1.82) is 0 Å². The molecule has 16 heavy (non-hydrogen) atoms. The van der Waals surface area contributed by atoms with E-state index in [1.54, 1.807) is 0 Å². The molecule has 1 aliphatic carbocycles. The van der Waals surface area contributed by atoms with Crippen LogP contribution in [0.25, 0.3) is 11.0 Å². The molecule has 0 radical (unpaired) electrons. The van der Waals surface area contributed by atoms with E-state index >= 15 is 0 Å². The molecule has 1 aliphatic rings. The van der Waals surface area contributed by atoms with E-state index < -0.39 is 0 Å². The van der Waals surface area contributed by atoms with Crippen LogP contribution in [0, 0.1) is 0 Å². The molecule has 2 aromatic rings. The Morgan fingerprint density at radius 3 is 2.81 bits per heavy atom. The zero-order chi connectivity index (χ0) is 11.2. The Hall–Kier alpha value is -1.35. The summed E-state index contributed by atoms with van der Waals surface area (Å²) in [6.07, 6.45) is 6.55. The maximum atomic E-state index is 6.44. The van der Waals surface area contributed by atoms with Crippen LogP contribution in [-0.2, 0) is 12.6 Å². The fourth-order valence-corrected chi connectivity index (χ4v) is 2.74. The number of rotatable bonds is 1. The number of hydrogen-bond donors (Lipinski definition) is 1. The second-order valence-corrected chi connectivity index (χ2v) is 4.92. The minimum atomic E-state index is -0.105. The van der Waals surface area contributed by atoms with E-state index in [-0.39, 0.29) is 5.54 Å². The first kappa shape index (κ1) is 9.85. The Labute approximate surface area is 95.3 Å². The van der Waals surface area contributed by atoms with Gasteiger partial charge >= 0.3 is 0 Å². The zero-order valence-electron chi connectivity index (χ0n) is 9.61. The molecule has 0 saturated heterocycles. The van der Waals surface area contributed by atoms with Gasteiger partial charge in [-0.2, -0.15) is 0 Å². The van der Waals surface area contributed by atoms with Crippen LogP contribution in [0.2, 0.25) is 0 Å². The molecule has 2 N–H and O–H groups in total. The molecule has 3 heteroatoms. The predicted molar refractivity (Wildman–Crippen MR) is 65.0 cm³/mol. The van der Waals surface area contributed by atoms with Crippen molar-refractivity contribution >= 4 is 11.0 Å². The highest BCUT2D eigenvalue weighted by molar-refractivity contribution is 5.76. The second-order valence-electron chi connectivity index (χ2n) is 4.92. The number of benzene rings is 1. The maximum Gasteiger partial charge on any atom is 0.0955 e. The van der Waals surface area contributed by atoms with Crippen LogP contribution in [-0.4, -0.2) is 9.55 Å². The van der Waals surface area contributed by atoms with Gasteiger partial charge in [-0.3, -0.25) is 0 Å². The van der Waals surface area contributed by atoms with Crippen LogP contribution in [0.15, 0.2) is 24.5 Å². The number of hydrogen-bond acceptors (Lipinski definition) is 2. The summed E-state index contributed by atoms with van der Waals surface area (Å²) in [5.74, 6) is 0. The van der Waals surface area contributed by atoms with Crippen LogP contribution in [0.5, 0.6) is 0 Å².